The second-order valence-corrected chi connectivity index (χ2v) is 6.55. The average molecular weight is 311 g/mol. The number of hydrogen-bond donors (Lipinski definition) is 0. The van der Waals surface area contributed by atoms with Crippen LogP contribution >= 0.6 is 11.3 Å². The lowest BCUT2D eigenvalue weighted by molar-refractivity contribution is 0.158. The molecule has 0 bridgehead atoms. The normalized spacial score (nSPS) is 16.4. The van der Waals surface area contributed by atoms with Crippen LogP contribution in [-0.2, 0) is 13.0 Å². The molecule has 0 aliphatic carbocycles. The fourth-order valence-electron chi connectivity index (χ4n) is 2.92. The first-order chi connectivity index (χ1) is 10.8. The number of nitrogens with zero attached hydrogens (tertiary/aromatic N) is 3. The minimum absolute atomic E-state index is 0.134. The van der Waals surface area contributed by atoms with Gasteiger partial charge in [0, 0.05) is 13.1 Å². The lowest BCUT2D eigenvalue weighted by Gasteiger charge is -2.31. The quantitative estimate of drug-likeness (QED) is 0.735. The Morgan fingerprint density at radius 2 is 2.05 bits per heavy atom. The van der Waals surface area contributed by atoms with E-state index in [0.717, 1.165) is 24.4 Å². The molecule has 1 aromatic carbocycles. The highest BCUT2D eigenvalue weighted by Crippen LogP contribution is 2.28. The molecule has 1 atom stereocenters. The van der Waals surface area contributed by atoms with Crippen LogP contribution in [0, 0.1) is 0 Å². The summed E-state index contributed by atoms with van der Waals surface area (Å²) in [5.41, 5.74) is 2.86. The van der Waals surface area contributed by atoms with E-state index in [2.05, 4.69) is 46.2 Å². The molecule has 22 heavy (non-hydrogen) atoms. The first-order valence-corrected chi connectivity index (χ1v) is 8.37. The summed E-state index contributed by atoms with van der Waals surface area (Å²) in [6.45, 7) is 4.10. The summed E-state index contributed by atoms with van der Waals surface area (Å²) in [4.78, 5) is 8.02. The van der Waals surface area contributed by atoms with Gasteiger partial charge in [0.05, 0.1) is 10.9 Å². The van der Waals surface area contributed by atoms with Gasteiger partial charge in [-0.15, -0.1) is 11.3 Å². The molecule has 0 N–H and O–H groups in total. The van der Waals surface area contributed by atoms with E-state index < -0.39 is 0 Å². The van der Waals surface area contributed by atoms with Crippen LogP contribution in [0.5, 0.6) is 0 Å². The van der Waals surface area contributed by atoms with E-state index in [9.17, 15) is 0 Å². The number of rotatable bonds is 3. The molecule has 2 aromatic heterocycles. The molecule has 112 valence electrons. The zero-order valence-electron chi connectivity index (χ0n) is 12.4. The van der Waals surface area contributed by atoms with Gasteiger partial charge in [0.2, 0.25) is 11.7 Å². The van der Waals surface area contributed by atoms with Gasteiger partial charge in [-0.05, 0) is 35.9 Å². The summed E-state index contributed by atoms with van der Waals surface area (Å²) < 4.78 is 5.50. The highest BCUT2D eigenvalue weighted by Gasteiger charge is 2.25. The molecule has 3 aromatic rings. The maximum absolute atomic E-state index is 5.50. The first kappa shape index (κ1) is 13.7. The Labute approximate surface area is 133 Å². The van der Waals surface area contributed by atoms with Crippen molar-refractivity contribution in [2.24, 2.45) is 0 Å². The van der Waals surface area contributed by atoms with Crippen LogP contribution in [0.3, 0.4) is 0 Å². The zero-order valence-corrected chi connectivity index (χ0v) is 13.2. The number of aromatic nitrogens is 2. The molecular formula is C17H17N3OS. The number of fused-ring (bicyclic) bond motifs is 1. The largest absolute Gasteiger partial charge is 0.337 e. The fourth-order valence-corrected chi connectivity index (χ4v) is 3.56. The fraction of sp³-hybridized carbons (Fsp3) is 0.294. The molecule has 0 radical (unpaired) electrons. The molecule has 4 rings (SSSR count). The highest BCUT2D eigenvalue weighted by molar-refractivity contribution is 7.13. The van der Waals surface area contributed by atoms with Crippen molar-refractivity contribution in [2.45, 2.75) is 25.9 Å². The van der Waals surface area contributed by atoms with Crippen molar-refractivity contribution in [2.75, 3.05) is 6.54 Å². The Morgan fingerprint density at radius 3 is 2.86 bits per heavy atom. The Morgan fingerprint density at radius 1 is 1.18 bits per heavy atom. The monoisotopic (exact) mass is 311 g/mol. The van der Waals surface area contributed by atoms with Crippen LogP contribution in [-0.4, -0.2) is 21.6 Å². The Bertz CT molecular complexity index is 766. The molecule has 0 spiro atoms. The molecule has 0 unspecified atom stereocenters. The molecule has 0 saturated heterocycles. The topological polar surface area (TPSA) is 42.2 Å². The molecule has 4 nitrogen and oxygen atoms in total. The minimum atomic E-state index is 0.134. The van der Waals surface area contributed by atoms with Crippen molar-refractivity contribution in [3.63, 3.8) is 0 Å². The third-order valence-electron chi connectivity index (χ3n) is 4.25. The van der Waals surface area contributed by atoms with Crippen molar-refractivity contribution in [3.05, 3.63) is 58.8 Å². The SMILES string of the molecule is C[C@@H](c1nc(-c2cccs2)no1)N1CCc2ccccc2C1. The molecule has 0 fully saturated rings. The summed E-state index contributed by atoms with van der Waals surface area (Å²) in [5.74, 6) is 1.39. The predicted molar refractivity (Wildman–Crippen MR) is 86.6 cm³/mol. The highest BCUT2D eigenvalue weighted by atomic mass is 32.1. The summed E-state index contributed by atoms with van der Waals surface area (Å²) in [6, 6.07) is 12.8. The van der Waals surface area contributed by atoms with Crippen molar-refractivity contribution in [1.82, 2.24) is 15.0 Å². The second-order valence-electron chi connectivity index (χ2n) is 5.60. The summed E-state index contributed by atoms with van der Waals surface area (Å²) in [6.07, 6.45) is 1.08. The Hall–Kier alpha value is -1.98. The van der Waals surface area contributed by atoms with Crippen LogP contribution in [0.4, 0.5) is 0 Å². The van der Waals surface area contributed by atoms with E-state index in [1.165, 1.54) is 11.1 Å². The Balaban J connectivity index is 1.54. The maximum atomic E-state index is 5.50. The third-order valence-corrected chi connectivity index (χ3v) is 5.11. The van der Waals surface area contributed by atoms with E-state index in [4.69, 9.17) is 4.52 Å². The van der Waals surface area contributed by atoms with Gasteiger partial charge in [-0.25, -0.2) is 0 Å². The molecule has 0 saturated carbocycles. The zero-order chi connectivity index (χ0) is 14.9. The van der Waals surface area contributed by atoms with Crippen LogP contribution in [0.2, 0.25) is 0 Å². The first-order valence-electron chi connectivity index (χ1n) is 7.49. The van der Waals surface area contributed by atoms with E-state index in [1.54, 1.807) is 11.3 Å². The predicted octanol–water partition coefficient (Wildman–Crippen LogP) is 3.92. The number of benzene rings is 1. The van der Waals surface area contributed by atoms with Gasteiger partial charge in [-0.1, -0.05) is 35.5 Å². The lowest BCUT2D eigenvalue weighted by atomic mass is 9.99. The van der Waals surface area contributed by atoms with Gasteiger partial charge >= 0.3 is 0 Å². The Kier molecular flexibility index (Phi) is 3.52. The number of thiophene rings is 1. The standard InChI is InChI=1S/C17H17N3OS/c1-12(17-18-16(19-21-17)15-7-4-10-22-15)20-9-8-13-5-2-3-6-14(13)11-20/h2-7,10,12H,8-9,11H2,1H3/t12-/m0/s1. The van der Waals surface area contributed by atoms with Crippen LogP contribution in [0.15, 0.2) is 46.3 Å². The third kappa shape index (κ3) is 2.46. The average Bonchev–Trinajstić information content (AvgIpc) is 3.24. The van der Waals surface area contributed by atoms with E-state index in [0.29, 0.717) is 11.7 Å². The van der Waals surface area contributed by atoms with Gasteiger partial charge in [0.1, 0.15) is 0 Å². The van der Waals surface area contributed by atoms with Gasteiger partial charge in [-0.3, -0.25) is 4.90 Å². The van der Waals surface area contributed by atoms with Gasteiger partial charge in [0.15, 0.2) is 0 Å². The number of hydrogen-bond acceptors (Lipinski definition) is 5. The maximum Gasteiger partial charge on any atom is 0.244 e. The minimum Gasteiger partial charge on any atom is -0.337 e. The van der Waals surface area contributed by atoms with Gasteiger partial charge < -0.3 is 4.52 Å². The molecule has 0 amide bonds. The second kappa shape index (κ2) is 5.66. The molecule has 5 heteroatoms. The summed E-state index contributed by atoms with van der Waals surface area (Å²) in [5, 5.41) is 6.14. The molecule has 3 heterocycles. The van der Waals surface area contributed by atoms with Crippen LogP contribution < -0.4 is 0 Å². The van der Waals surface area contributed by atoms with Gasteiger partial charge in [-0.2, -0.15) is 4.98 Å². The smallest absolute Gasteiger partial charge is 0.244 e. The van der Waals surface area contributed by atoms with E-state index in [-0.39, 0.29) is 6.04 Å². The van der Waals surface area contributed by atoms with Crippen LogP contribution in [0.25, 0.3) is 10.7 Å². The van der Waals surface area contributed by atoms with Crippen molar-refractivity contribution in [1.29, 1.82) is 0 Å². The van der Waals surface area contributed by atoms with Crippen molar-refractivity contribution in [3.8, 4) is 10.7 Å². The summed E-state index contributed by atoms with van der Waals surface area (Å²) >= 11 is 1.63. The van der Waals surface area contributed by atoms with E-state index in [1.807, 2.05) is 17.5 Å². The molecular weight excluding hydrogens is 294 g/mol. The summed E-state index contributed by atoms with van der Waals surface area (Å²) in [7, 11) is 0. The lowest BCUT2D eigenvalue weighted by Crippen LogP contribution is -2.33. The van der Waals surface area contributed by atoms with Crippen molar-refractivity contribution >= 4 is 11.3 Å². The molecule has 1 aliphatic rings. The van der Waals surface area contributed by atoms with E-state index >= 15 is 0 Å². The van der Waals surface area contributed by atoms with Crippen LogP contribution in [0.1, 0.15) is 30.0 Å². The molecule has 1 aliphatic heterocycles. The van der Waals surface area contributed by atoms with Gasteiger partial charge in [0.25, 0.3) is 0 Å². The van der Waals surface area contributed by atoms with Crippen molar-refractivity contribution < 1.29 is 4.52 Å².